The maximum absolute atomic E-state index is 9.90. The van der Waals surface area contributed by atoms with Crippen LogP contribution < -0.4 is 10.1 Å². The summed E-state index contributed by atoms with van der Waals surface area (Å²) in [6.07, 6.45) is 1.26. The molecule has 0 aliphatic heterocycles. The summed E-state index contributed by atoms with van der Waals surface area (Å²) in [6.45, 7) is 4.70. The fraction of sp³-hybridized carbons (Fsp3) is 0.400. The third kappa shape index (κ3) is 3.99. The lowest BCUT2D eigenvalue weighted by Gasteiger charge is -2.14. The number of aryl methyl sites for hydroxylation is 3. The van der Waals surface area contributed by atoms with Gasteiger partial charge in [-0.3, -0.25) is 4.68 Å². The quantitative estimate of drug-likeness (QED) is 0.845. The lowest BCUT2D eigenvalue weighted by atomic mass is 10.1. The Morgan fingerprint density at radius 1 is 1.35 bits per heavy atom. The van der Waals surface area contributed by atoms with Crippen LogP contribution in [0.25, 0.3) is 0 Å². The molecule has 108 valence electrons. The van der Waals surface area contributed by atoms with Crippen molar-refractivity contribution in [3.63, 3.8) is 0 Å². The topological polar surface area (TPSA) is 59.3 Å². The Hall–Kier alpha value is -2.01. The van der Waals surface area contributed by atoms with Gasteiger partial charge in [0.05, 0.1) is 0 Å². The number of hydrogen-bond donors (Lipinski definition) is 2. The van der Waals surface area contributed by atoms with Crippen molar-refractivity contribution in [3.05, 3.63) is 41.6 Å². The second kappa shape index (κ2) is 6.43. The maximum Gasteiger partial charge on any atom is 0.148 e. The Kier molecular flexibility index (Phi) is 4.63. The van der Waals surface area contributed by atoms with E-state index in [0.29, 0.717) is 6.54 Å². The lowest BCUT2D eigenvalue weighted by molar-refractivity contribution is 0.117. The molecule has 0 aliphatic carbocycles. The van der Waals surface area contributed by atoms with Gasteiger partial charge in [-0.1, -0.05) is 17.7 Å². The number of nitrogens with zero attached hydrogens (tertiary/aromatic N) is 2. The Morgan fingerprint density at radius 2 is 2.15 bits per heavy atom. The van der Waals surface area contributed by atoms with Crippen LogP contribution in [-0.2, 0) is 7.05 Å². The Balaban J connectivity index is 1.78. The first-order valence-electron chi connectivity index (χ1n) is 6.66. The van der Waals surface area contributed by atoms with Crippen molar-refractivity contribution in [1.82, 2.24) is 9.78 Å². The average Bonchev–Trinajstić information content (AvgIpc) is 2.81. The molecule has 0 radical (unpaired) electrons. The third-order valence-electron chi connectivity index (χ3n) is 2.99. The molecule has 0 fully saturated rings. The molecule has 0 bridgehead atoms. The predicted molar refractivity (Wildman–Crippen MR) is 79.1 cm³/mol. The molecule has 0 saturated carbocycles. The van der Waals surface area contributed by atoms with Gasteiger partial charge in [-0.25, -0.2) is 0 Å². The molecule has 1 heterocycles. The van der Waals surface area contributed by atoms with E-state index in [4.69, 9.17) is 4.74 Å². The Morgan fingerprint density at radius 3 is 2.80 bits per heavy atom. The molecule has 0 spiro atoms. The number of benzene rings is 1. The second-order valence-corrected chi connectivity index (χ2v) is 4.99. The molecular weight excluding hydrogens is 254 g/mol. The van der Waals surface area contributed by atoms with Crippen molar-refractivity contribution in [3.8, 4) is 5.75 Å². The lowest BCUT2D eigenvalue weighted by Crippen LogP contribution is -2.26. The van der Waals surface area contributed by atoms with Gasteiger partial charge in [-0.05, 0) is 25.5 Å². The molecule has 0 saturated heterocycles. The highest BCUT2D eigenvalue weighted by atomic mass is 16.5. The number of aliphatic hydroxyl groups is 1. The fourth-order valence-corrected chi connectivity index (χ4v) is 1.94. The van der Waals surface area contributed by atoms with Crippen LogP contribution in [0.2, 0.25) is 0 Å². The molecule has 1 aromatic carbocycles. The van der Waals surface area contributed by atoms with Crippen molar-refractivity contribution in [1.29, 1.82) is 0 Å². The molecule has 2 aromatic rings. The van der Waals surface area contributed by atoms with Crippen LogP contribution in [0.1, 0.15) is 11.1 Å². The van der Waals surface area contributed by atoms with E-state index < -0.39 is 6.10 Å². The number of aliphatic hydroxyl groups excluding tert-OH is 1. The smallest absolute Gasteiger partial charge is 0.148 e. The van der Waals surface area contributed by atoms with Gasteiger partial charge in [-0.15, -0.1) is 0 Å². The first-order valence-corrected chi connectivity index (χ1v) is 6.66. The number of rotatable bonds is 6. The van der Waals surface area contributed by atoms with Gasteiger partial charge in [0.1, 0.15) is 24.3 Å². The van der Waals surface area contributed by atoms with Gasteiger partial charge in [0.15, 0.2) is 0 Å². The van der Waals surface area contributed by atoms with Crippen molar-refractivity contribution < 1.29 is 9.84 Å². The largest absolute Gasteiger partial charge is 0.491 e. The van der Waals surface area contributed by atoms with Crippen LogP contribution in [-0.4, -0.2) is 34.1 Å². The Bertz CT molecular complexity index is 566. The first kappa shape index (κ1) is 14.4. The van der Waals surface area contributed by atoms with E-state index in [0.717, 1.165) is 17.1 Å². The molecule has 5 heteroatoms. The zero-order valence-electron chi connectivity index (χ0n) is 12.1. The summed E-state index contributed by atoms with van der Waals surface area (Å²) in [5.41, 5.74) is 2.28. The minimum atomic E-state index is -0.585. The van der Waals surface area contributed by atoms with Crippen molar-refractivity contribution in [2.75, 3.05) is 18.5 Å². The summed E-state index contributed by atoms with van der Waals surface area (Å²) in [4.78, 5) is 0. The van der Waals surface area contributed by atoms with E-state index in [-0.39, 0.29) is 6.61 Å². The summed E-state index contributed by atoms with van der Waals surface area (Å²) in [5, 5.41) is 17.1. The van der Waals surface area contributed by atoms with Crippen LogP contribution in [0.3, 0.4) is 0 Å². The van der Waals surface area contributed by atoms with Gasteiger partial charge in [-0.2, -0.15) is 5.10 Å². The zero-order valence-corrected chi connectivity index (χ0v) is 12.1. The van der Waals surface area contributed by atoms with Crippen molar-refractivity contribution >= 4 is 5.82 Å². The average molecular weight is 275 g/mol. The van der Waals surface area contributed by atoms with E-state index in [1.807, 2.05) is 45.3 Å². The fourth-order valence-electron chi connectivity index (χ4n) is 1.94. The number of anilines is 1. The van der Waals surface area contributed by atoms with E-state index in [2.05, 4.69) is 16.5 Å². The first-order chi connectivity index (χ1) is 9.54. The molecule has 5 nitrogen and oxygen atoms in total. The number of aromatic nitrogens is 2. The van der Waals surface area contributed by atoms with Gasteiger partial charge < -0.3 is 15.2 Å². The van der Waals surface area contributed by atoms with Crippen LogP contribution in [0.5, 0.6) is 5.75 Å². The summed E-state index contributed by atoms with van der Waals surface area (Å²) >= 11 is 0. The van der Waals surface area contributed by atoms with Gasteiger partial charge in [0, 0.05) is 25.9 Å². The number of ether oxygens (including phenoxy) is 1. The Labute approximate surface area is 119 Å². The molecule has 2 rings (SSSR count). The molecule has 0 amide bonds. The molecule has 20 heavy (non-hydrogen) atoms. The normalized spacial score (nSPS) is 12.2. The minimum absolute atomic E-state index is 0.254. The van der Waals surface area contributed by atoms with Crippen molar-refractivity contribution in [2.45, 2.75) is 20.0 Å². The summed E-state index contributed by atoms with van der Waals surface area (Å²) in [7, 11) is 1.85. The number of nitrogens with one attached hydrogen (secondary N) is 1. The third-order valence-corrected chi connectivity index (χ3v) is 2.99. The van der Waals surface area contributed by atoms with E-state index >= 15 is 0 Å². The molecule has 1 atom stereocenters. The number of hydrogen-bond acceptors (Lipinski definition) is 4. The van der Waals surface area contributed by atoms with E-state index in [1.54, 1.807) is 4.68 Å². The minimum Gasteiger partial charge on any atom is -0.491 e. The van der Waals surface area contributed by atoms with Crippen LogP contribution in [0.15, 0.2) is 30.5 Å². The standard InChI is InChI=1S/C15H21N3O2/c1-11-4-5-14(12(2)8-11)20-10-13(19)9-16-15-6-7-18(3)17-15/h4-8,13,19H,9-10H2,1-3H3,(H,16,17). The summed E-state index contributed by atoms with van der Waals surface area (Å²) in [5.74, 6) is 1.56. The maximum atomic E-state index is 9.90. The zero-order chi connectivity index (χ0) is 14.5. The highest BCUT2D eigenvalue weighted by Gasteiger charge is 2.07. The van der Waals surface area contributed by atoms with Crippen LogP contribution in [0.4, 0.5) is 5.82 Å². The van der Waals surface area contributed by atoms with Crippen LogP contribution >= 0.6 is 0 Å². The van der Waals surface area contributed by atoms with E-state index in [9.17, 15) is 5.11 Å². The van der Waals surface area contributed by atoms with Crippen molar-refractivity contribution in [2.24, 2.45) is 7.05 Å². The highest BCUT2D eigenvalue weighted by molar-refractivity contribution is 5.35. The molecule has 1 aromatic heterocycles. The van der Waals surface area contributed by atoms with Gasteiger partial charge >= 0.3 is 0 Å². The molecule has 0 aliphatic rings. The van der Waals surface area contributed by atoms with Crippen LogP contribution in [0, 0.1) is 13.8 Å². The second-order valence-electron chi connectivity index (χ2n) is 4.99. The summed E-state index contributed by atoms with van der Waals surface area (Å²) < 4.78 is 7.34. The van der Waals surface area contributed by atoms with Gasteiger partial charge in [0.25, 0.3) is 0 Å². The predicted octanol–water partition coefficient (Wildman–Crippen LogP) is 1.89. The van der Waals surface area contributed by atoms with Gasteiger partial charge in [0.2, 0.25) is 0 Å². The monoisotopic (exact) mass is 275 g/mol. The molecule has 2 N–H and O–H groups in total. The SMILES string of the molecule is Cc1ccc(OCC(O)CNc2ccn(C)n2)c(C)c1. The van der Waals surface area contributed by atoms with E-state index in [1.165, 1.54) is 5.56 Å². The molecule has 1 unspecified atom stereocenters. The summed E-state index contributed by atoms with van der Waals surface area (Å²) in [6, 6.07) is 7.86. The molecular formula is C15H21N3O2. The highest BCUT2D eigenvalue weighted by Crippen LogP contribution is 2.18.